The van der Waals surface area contributed by atoms with Crippen molar-refractivity contribution in [1.29, 1.82) is 0 Å². The van der Waals surface area contributed by atoms with Crippen molar-refractivity contribution in [3.63, 3.8) is 0 Å². The predicted octanol–water partition coefficient (Wildman–Crippen LogP) is 3.13. The molecule has 3 atom stereocenters. The molecular formula is C22H35N3O2. The Kier molecular flexibility index (Phi) is 7.84. The average Bonchev–Trinajstić information content (AvgIpc) is 2.67. The summed E-state index contributed by atoms with van der Waals surface area (Å²) in [5.74, 6) is 0.693. The Bertz CT molecular complexity index is 609. The number of nitrogens with zero attached hydrogens (tertiary/aromatic N) is 1. The summed E-state index contributed by atoms with van der Waals surface area (Å²) in [5.41, 5.74) is 1.10. The Morgan fingerprint density at radius 3 is 2.11 bits per heavy atom. The summed E-state index contributed by atoms with van der Waals surface area (Å²) in [6, 6.07) is 9.99. The standard InChI is InChI=1S/C22H35N3O2/c1-15(2)16(3)23-22(27)20-11-13-25(14-12-20)18(5)21(26)24-17(4)19-9-7-6-8-10-19/h6-10,15-18,20H,11-14H2,1-5H3,(H,23,27)(H,24,26). The highest BCUT2D eigenvalue weighted by Gasteiger charge is 2.30. The Hall–Kier alpha value is -1.88. The van der Waals surface area contributed by atoms with Crippen LogP contribution in [0.1, 0.15) is 59.1 Å². The van der Waals surface area contributed by atoms with Gasteiger partial charge in [-0.1, -0.05) is 44.2 Å². The van der Waals surface area contributed by atoms with Crippen molar-refractivity contribution < 1.29 is 9.59 Å². The summed E-state index contributed by atoms with van der Waals surface area (Å²) in [4.78, 5) is 27.2. The summed E-state index contributed by atoms with van der Waals surface area (Å²) in [5, 5.41) is 6.23. The van der Waals surface area contributed by atoms with Crippen LogP contribution in [0.15, 0.2) is 30.3 Å². The zero-order valence-electron chi connectivity index (χ0n) is 17.4. The van der Waals surface area contributed by atoms with Crippen molar-refractivity contribution in [3.8, 4) is 0 Å². The lowest BCUT2D eigenvalue weighted by molar-refractivity contribution is -0.129. The number of hydrogen-bond acceptors (Lipinski definition) is 3. The molecule has 2 amide bonds. The SMILES string of the molecule is CC(NC(=O)C(C)N1CCC(C(=O)NC(C)C(C)C)CC1)c1ccccc1. The van der Waals surface area contributed by atoms with Crippen molar-refractivity contribution in [2.75, 3.05) is 13.1 Å². The van der Waals surface area contributed by atoms with Crippen molar-refractivity contribution in [2.24, 2.45) is 11.8 Å². The van der Waals surface area contributed by atoms with Crippen LogP contribution in [-0.2, 0) is 9.59 Å². The number of rotatable bonds is 7. The molecule has 0 saturated carbocycles. The second kappa shape index (κ2) is 9.88. The van der Waals surface area contributed by atoms with E-state index >= 15 is 0 Å². The third-order valence-electron chi connectivity index (χ3n) is 5.86. The molecule has 0 aromatic heterocycles. The van der Waals surface area contributed by atoms with Gasteiger partial charge in [-0.25, -0.2) is 0 Å². The average molecular weight is 374 g/mol. The fourth-order valence-electron chi connectivity index (χ4n) is 3.38. The molecule has 5 heteroatoms. The third-order valence-corrected chi connectivity index (χ3v) is 5.86. The Balaban J connectivity index is 1.81. The van der Waals surface area contributed by atoms with Gasteiger partial charge in [0.05, 0.1) is 12.1 Å². The monoisotopic (exact) mass is 373 g/mol. The van der Waals surface area contributed by atoms with E-state index in [1.807, 2.05) is 44.2 Å². The molecule has 2 N–H and O–H groups in total. The topological polar surface area (TPSA) is 61.4 Å². The summed E-state index contributed by atoms with van der Waals surface area (Å²) in [7, 11) is 0. The number of amides is 2. The molecular weight excluding hydrogens is 338 g/mol. The molecule has 2 rings (SSSR count). The van der Waals surface area contributed by atoms with Gasteiger partial charge in [0.25, 0.3) is 0 Å². The van der Waals surface area contributed by atoms with E-state index in [2.05, 4.69) is 36.3 Å². The minimum absolute atomic E-state index is 0.0120. The van der Waals surface area contributed by atoms with Crippen LogP contribution in [0, 0.1) is 11.8 Å². The van der Waals surface area contributed by atoms with Crippen LogP contribution in [0.4, 0.5) is 0 Å². The Morgan fingerprint density at radius 1 is 0.963 bits per heavy atom. The molecule has 1 aromatic rings. The van der Waals surface area contributed by atoms with Crippen LogP contribution >= 0.6 is 0 Å². The van der Waals surface area contributed by atoms with Gasteiger partial charge in [0.1, 0.15) is 0 Å². The molecule has 27 heavy (non-hydrogen) atoms. The first-order chi connectivity index (χ1) is 12.8. The minimum atomic E-state index is -0.185. The molecule has 1 saturated heterocycles. The van der Waals surface area contributed by atoms with Gasteiger partial charge in [-0.05, 0) is 58.2 Å². The molecule has 0 bridgehead atoms. The molecule has 0 spiro atoms. The van der Waals surface area contributed by atoms with Gasteiger partial charge in [-0.3, -0.25) is 14.5 Å². The molecule has 1 fully saturated rings. The van der Waals surface area contributed by atoms with E-state index in [-0.39, 0.29) is 35.9 Å². The first-order valence-corrected chi connectivity index (χ1v) is 10.2. The third kappa shape index (κ3) is 6.06. The lowest BCUT2D eigenvalue weighted by Gasteiger charge is -2.35. The van der Waals surface area contributed by atoms with E-state index in [0.29, 0.717) is 5.92 Å². The van der Waals surface area contributed by atoms with Crippen molar-refractivity contribution in [2.45, 2.75) is 65.6 Å². The van der Waals surface area contributed by atoms with Gasteiger partial charge in [-0.2, -0.15) is 0 Å². The van der Waals surface area contributed by atoms with E-state index in [1.165, 1.54) is 0 Å². The van der Waals surface area contributed by atoms with E-state index in [9.17, 15) is 9.59 Å². The van der Waals surface area contributed by atoms with E-state index in [0.717, 1.165) is 31.5 Å². The van der Waals surface area contributed by atoms with E-state index in [1.54, 1.807) is 0 Å². The van der Waals surface area contributed by atoms with Crippen LogP contribution in [-0.4, -0.2) is 41.9 Å². The smallest absolute Gasteiger partial charge is 0.237 e. The van der Waals surface area contributed by atoms with E-state index in [4.69, 9.17) is 0 Å². The maximum atomic E-state index is 12.6. The van der Waals surface area contributed by atoms with Crippen LogP contribution in [0.3, 0.4) is 0 Å². The summed E-state index contributed by atoms with van der Waals surface area (Å²) in [6.45, 7) is 11.8. The highest BCUT2D eigenvalue weighted by Crippen LogP contribution is 2.20. The lowest BCUT2D eigenvalue weighted by atomic mass is 9.94. The van der Waals surface area contributed by atoms with Gasteiger partial charge < -0.3 is 10.6 Å². The second-order valence-electron chi connectivity index (χ2n) is 8.17. The number of carbonyl (C=O) groups is 2. The number of likely N-dealkylation sites (tertiary alicyclic amines) is 1. The number of benzene rings is 1. The van der Waals surface area contributed by atoms with Gasteiger partial charge in [0, 0.05) is 12.0 Å². The largest absolute Gasteiger partial charge is 0.353 e. The molecule has 1 aliphatic rings. The number of hydrogen-bond donors (Lipinski definition) is 2. The zero-order valence-corrected chi connectivity index (χ0v) is 17.4. The van der Waals surface area contributed by atoms with Gasteiger partial charge in [0.2, 0.25) is 11.8 Å². The van der Waals surface area contributed by atoms with Crippen LogP contribution in [0.2, 0.25) is 0 Å². The van der Waals surface area contributed by atoms with Crippen molar-refractivity contribution in [1.82, 2.24) is 15.5 Å². The first-order valence-electron chi connectivity index (χ1n) is 10.2. The summed E-state index contributed by atoms with van der Waals surface area (Å²) in [6.07, 6.45) is 1.62. The van der Waals surface area contributed by atoms with Crippen LogP contribution in [0.25, 0.3) is 0 Å². The number of carbonyl (C=O) groups excluding carboxylic acids is 2. The molecule has 3 unspecified atom stereocenters. The molecule has 5 nitrogen and oxygen atoms in total. The molecule has 150 valence electrons. The molecule has 0 radical (unpaired) electrons. The molecule has 0 aliphatic carbocycles. The molecule has 1 heterocycles. The minimum Gasteiger partial charge on any atom is -0.353 e. The quantitative estimate of drug-likeness (QED) is 0.772. The van der Waals surface area contributed by atoms with Crippen LogP contribution < -0.4 is 10.6 Å². The molecule has 1 aromatic carbocycles. The first kappa shape index (κ1) is 21.4. The molecule has 1 aliphatic heterocycles. The predicted molar refractivity (Wildman–Crippen MR) is 109 cm³/mol. The fourth-order valence-corrected chi connectivity index (χ4v) is 3.38. The fraction of sp³-hybridized carbons (Fsp3) is 0.636. The summed E-state index contributed by atoms with van der Waals surface area (Å²) >= 11 is 0. The summed E-state index contributed by atoms with van der Waals surface area (Å²) < 4.78 is 0. The van der Waals surface area contributed by atoms with Crippen LogP contribution in [0.5, 0.6) is 0 Å². The second-order valence-corrected chi connectivity index (χ2v) is 8.17. The van der Waals surface area contributed by atoms with Crippen molar-refractivity contribution in [3.05, 3.63) is 35.9 Å². The van der Waals surface area contributed by atoms with Gasteiger partial charge in [-0.15, -0.1) is 0 Å². The zero-order chi connectivity index (χ0) is 20.0. The maximum absolute atomic E-state index is 12.6. The number of nitrogens with one attached hydrogen (secondary N) is 2. The van der Waals surface area contributed by atoms with Gasteiger partial charge >= 0.3 is 0 Å². The lowest BCUT2D eigenvalue weighted by Crippen LogP contribution is -2.50. The highest BCUT2D eigenvalue weighted by atomic mass is 16.2. The Morgan fingerprint density at radius 2 is 1.56 bits per heavy atom. The van der Waals surface area contributed by atoms with Crippen molar-refractivity contribution >= 4 is 11.8 Å². The number of piperidine rings is 1. The highest BCUT2D eigenvalue weighted by molar-refractivity contribution is 5.82. The van der Waals surface area contributed by atoms with Gasteiger partial charge in [0.15, 0.2) is 0 Å². The normalized spacial score (nSPS) is 19.3. The Labute approximate surface area is 163 Å². The van der Waals surface area contributed by atoms with E-state index < -0.39 is 0 Å². The maximum Gasteiger partial charge on any atom is 0.237 e.